The molecule has 0 amide bonds. The molecule has 0 spiro atoms. The number of esters is 1. The fourth-order valence-corrected chi connectivity index (χ4v) is 3.18. The molecule has 0 unspecified atom stereocenters. The number of aromatic amines is 1. The normalized spacial score (nSPS) is 12.1. The minimum absolute atomic E-state index is 0.153. The van der Waals surface area contributed by atoms with Gasteiger partial charge in [0.25, 0.3) is 0 Å². The van der Waals surface area contributed by atoms with E-state index in [0.29, 0.717) is 22.4 Å². The minimum atomic E-state index is -1.12. The number of Topliss-reactive ketones (excluding diaryl/α,β-unsaturated/α-hetero) is 2. The van der Waals surface area contributed by atoms with Crippen LogP contribution in [0.15, 0.2) is 29.8 Å². The molecule has 1 aromatic heterocycles. The summed E-state index contributed by atoms with van der Waals surface area (Å²) in [7, 11) is 3.82. The van der Waals surface area contributed by atoms with Crippen molar-refractivity contribution in [2.75, 3.05) is 19.0 Å². The summed E-state index contributed by atoms with van der Waals surface area (Å²) in [4.78, 5) is 41.8. The minimum Gasteiger partial charge on any atom is -0.450 e. The van der Waals surface area contributed by atoms with Crippen LogP contribution >= 0.6 is 0 Å². The van der Waals surface area contributed by atoms with Gasteiger partial charge in [0.05, 0.1) is 5.69 Å². The summed E-state index contributed by atoms with van der Waals surface area (Å²) in [6, 6.07) is 9.11. The van der Waals surface area contributed by atoms with E-state index >= 15 is 0 Å². The standard InChI is InChI=1S/C23H25N3O4/c1-13-20(15(3)27)14(2)25-21(13)22(28)16(4)30-23(29)18(12-24)11-17-7-9-19(10-8-17)26(5)6/h7-11,16,25H,1-6H3/b18-11+/t16-/m1/s1. The van der Waals surface area contributed by atoms with Gasteiger partial charge in [0.15, 0.2) is 11.9 Å². The van der Waals surface area contributed by atoms with E-state index in [1.165, 1.54) is 19.9 Å². The molecule has 1 aromatic carbocycles. The first-order valence-electron chi connectivity index (χ1n) is 9.41. The first-order valence-corrected chi connectivity index (χ1v) is 9.41. The molecule has 7 heteroatoms. The second kappa shape index (κ2) is 9.23. The van der Waals surface area contributed by atoms with Crippen LogP contribution in [0.25, 0.3) is 6.08 Å². The Morgan fingerprint density at radius 1 is 1.17 bits per heavy atom. The van der Waals surface area contributed by atoms with Gasteiger partial charge >= 0.3 is 5.97 Å². The van der Waals surface area contributed by atoms with Gasteiger partial charge in [-0.1, -0.05) is 12.1 Å². The lowest BCUT2D eigenvalue weighted by molar-refractivity contribution is -0.141. The van der Waals surface area contributed by atoms with Crippen LogP contribution in [-0.4, -0.2) is 42.7 Å². The number of nitriles is 1. The van der Waals surface area contributed by atoms with E-state index < -0.39 is 17.9 Å². The molecular formula is C23H25N3O4. The van der Waals surface area contributed by atoms with Crippen molar-refractivity contribution in [3.8, 4) is 6.07 Å². The van der Waals surface area contributed by atoms with Gasteiger partial charge in [0.2, 0.25) is 5.78 Å². The number of ether oxygens (including phenoxy) is 1. The number of rotatable bonds is 7. The smallest absolute Gasteiger partial charge is 0.349 e. The summed E-state index contributed by atoms with van der Waals surface area (Å²) < 4.78 is 5.23. The van der Waals surface area contributed by atoms with Crippen molar-refractivity contribution in [3.63, 3.8) is 0 Å². The first-order chi connectivity index (χ1) is 14.1. The highest BCUT2D eigenvalue weighted by Crippen LogP contribution is 2.21. The maximum atomic E-state index is 12.7. The van der Waals surface area contributed by atoms with E-state index in [1.807, 2.05) is 37.2 Å². The van der Waals surface area contributed by atoms with E-state index in [2.05, 4.69) is 4.98 Å². The zero-order valence-corrected chi connectivity index (χ0v) is 18.0. The predicted octanol–water partition coefficient (Wildman–Crippen LogP) is 3.62. The van der Waals surface area contributed by atoms with Crippen LogP contribution in [0.3, 0.4) is 0 Å². The second-order valence-corrected chi connectivity index (χ2v) is 7.25. The summed E-state index contributed by atoms with van der Waals surface area (Å²) >= 11 is 0. The average molecular weight is 407 g/mol. The number of hydrogen-bond donors (Lipinski definition) is 1. The van der Waals surface area contributed by atoms with Crippen molar-refractivity contribution in [1.29, 1.82) is 5.26 Å². The Labute approximate surface area is 176 Å². The van der Waals surface area contributed by atoms with Crippen LogP contribution in [0.2, 0.25) is 0 Å². The molecule has 0 aliphatic rings. The summed E-state index contributed by atoms with van der Waals surface area (Å²) in [5.41, 5.74) is 3.21. The molecule has 0 fully saturated rings. The van der Waals surface area contributed by atoms with Crippen LogP contribution in [0.5, 0.6) is 0 Å². The maximum Gasteiger partial charge on any atom is 0.349 e. The molecule has 0 saturated heterocycles. The Kier molecular flexibility index (Phi) is 6.96. The fourth-order valence-electron chi connectivity index (χ4n) is 3.18. The number of aryl methyl sites for hydroxylation is 1. The molecule has 2 rings (SSSR count). The molecule has 0 radical (unpaired) electrons. The average Bonchev–Trinajstić information content (AvgIpc) is 2.99. The largest absolute Gasteiger partial charge is 0.450 e. The molecule has 7 nitrogen and oxygen atoms in total. The van der Waals surface area contributed by atoms with Crippen molar-refractivity contribution in [2.45, 2.75) is 33.8 Å². The lowest BCUT2D eigenvalue weighted by Gasteiger charge is -2.13. The zero-order chi connectivity index (χ0) is 22.6. The Morgan fingerprint density at radius 3 is 2.23 bits per heavy atom. The van der Waals surface area contributed by atoms with Gasteiger partial charge in [-0.3, -0.25) is 9.59 Å². The molecule has 0 aliphatic carbocycles. The van der Waals surface area contributed by atoms with Gasteiger partial charge in [0.1, 0.15) is 11.6 Å². The van der Waals surface area contributed by atoms with Crippen molar-refractivity contribution in [2.24, 2.45) is 0 Å². The van der Waals surface area contributed by atoms with Crippen molar-refractivity contribution in [3.05, 3.63) is 57.9 Å². The molecule has 1 N–H and O–H groups in total. The summed E-state index contributed by atoms with van der Waals surface area (Å²) in [5.74, 6) is -1.51. The van der Waals surface area contributed by atoms with Crippen LogP contribution in [0, 0.1) is 25.2 Å². The molecule has 1 atom stereocenters. The van der Waals surface area contributed by atoms with Gasteiger partial charge in [0, 0.05) is 31.0 Å². The van der Waals surface area contributed by atoms with Crippen molar-refractivity contribution < 1.29 is 19.1 Å². The van der Waals surface area contributed by atoms with Crippen LogP contribution < -0.4 is 4.90 Å². The highest BCUT2D eigenvalue weighted by Gasteiger charge is 2.27. The topological polar surface area (TPSA) is 103 Å². The van der Waals surface area contributed by atoms with Crippen LogP contribution in [0.4, 0.5) is 5.69 Å². The Balaban J connectivity index is 2.19. The Bertz CT molecular complexity index is 1050. The summed E-state index contributed by atoms with van der Waals surface area (Å²) in [5, 5.41) is 9.36. The predicted molar refractivity (Wildman–Crippen MR) is 115 cm³/mol. The number of carbonyl (C=O) groups is 3. The van der Waals surface area contributed by atoms with Crippen molar-refractivity contribution >= 4 is 29.3 Å². The molecular weight excluding hydrogens is 382 g/mol. The number of benzene rings is 1. The molecule has 0 aliphatic heterocycles. The van der Waals surface area contributed by atoms with Crippen molar-refractivity contribution in [1.82, 2.24) is 4.98 Å². The van der Waals surface area contributed by atoms with Gasteiger partial charge in [-0.25, -0.2) is 4.79 Å². The molecule has 156 valence electrons. The third-order valence-corrected chi connectivity index (χ3v) is 4.75. The van der Waals surface area contributed by atoms with E-state index in [4.69, 9.17) is 4.74 Å². The Hall–Kier alpha value is -3.66. The quantitative estimate of drug-likeness (QED) is 0.325. The lowest BCUT2D eigenvalue weighted by atomic mass is 10.0. The third-order valence-electron chi connectivity index (χ3n) is 4.75. The number of aromatic nitrogens is 1. The van der Waals surface area contributed by atoms with Crippen LogP contribution in [-0.2, 0) is 9.53 Å². The Morgan fingerprint density at radius 2 is 1.77 bits per heavy atom. The van der Waals surface area contributed by atoms with E-state index in [0.717, 1.165) is 5.69 Å². The van der Waals surface area contributed by atoms with E-state index in [9.17, 15) is 19.6 Å². The highest BCUT2D eigenvalue weighted by molar-refractivity contribution is 6.06. The number of hydrogen-bond acceptors (Lipinski definition) is 6. The summed E-state index contributed by atoms with van der Waals surface area (Å²) in [6.45, 7) is 6.23. The fraction of sp³-hybridized carbons (Fsp3) is 0.304. The van der Waals surface area contributed by atoms with Gasteiger partial charge in [-0.05, 0) is 57.0 Å². The summed E-state index contributed by atoms with van der Waals surface area (Å²) in [6.07, 6.45) is 0.290. The molecule has 2 aromatic rings. The zero-order valence-electron chi connectivity index (χ0n) is 18.0. The highest BCUT2D eigenvalue weighted by atomic mass is 16.5. The van der Waals surface area contributed by atoms with Gasteiger partial charge in [-0.2, -0.15) is 5.26 Å². The number of ketones is 2. The third kappa shape index (κ3) is 4.84. The van der Waals surface area contributed by atoms with E-state index in [-0.39, 0.29) is 17.1 Å². The lowest BCUT2D eigenvalue weighted by Crippen LogP contribution is -2.26. The number of carbonyl (C=O) groups excluding carboxylic acids is 3. The van der Waals surface area contributed by atoms with Gasteiger partial charge < -0.3 is 14.6 Å². The van der Waals surface area contributed by atoms with Gasteiger partial charge in [-0.15, -0.1) is 0 Å². The first kappa shape index (κ1) is 22.6. The van der Waals surface area contributed by atoms with E-state index in [1.54, 1.807) is 26.0 Å². The number of H-pyrrole nitrogens is 1. The number of nitrogens with zero attached hydrogens (tertiary/aromatic N) is 2. The van der Waals surface area contributed by atoms with Crippen LogP contribution in [0.1, 0.15) is 51.5 Å². The number of anilines is 1. The molecule has 0 bridgehead atoms. The maximum absolute atomic E-state index is 12.7. The SMILES string of the molecule is CC(=O)c1c(C)[nH]c(C(=O)[C@@H](C)OC(=O)/C(C#N)=C/c2ccc(N(C)C)cc2)c1C. The second-order valence-electron chi connectivity index (χ2n) is 7.25. The monoisotopic (exact) mass is 407 g/mol. The molecule has 0 saturated carbocycles. The number of nitrogens with one attached hydrogen (secondary N) is 1. The molecule has 30 heavy (non-hydrogen) atoms. The molecule has 1 heterocycles.